The van der Waals surface area contributed by atoms with Crippen molar-refractivity contribution in [2.75, 3.05) is 13.1 Å². The predicted octanol–water partition coefficient (Wildman–Crippen LogP) is 2.93. The van der Waals surface area contributed by atoms with E-state index in [4.69, 9.17) is 0 Å². The lowest BCUT2D eigenvalue weighted by atomic mass is 10.4. The molecule has 1 N–H and O–H groups in total. The van der Waals surface area contributed by atoms with E-state index in [0.29, 0.717) is 0 Å². The molecule has 18 heavy (non-hydrogen) atoms. The minimum atomic E-state index is 0.777. The summed E-state index contributed by atoms with van der Waals surface area (Å²) in [5.41, 5.74) is 0. The van der Waals surface area contributed by atoms with E-state index in [1.54, 1.807) is 0 Å². The first kappa shape index (κ1) is 14.9. The molecule has 1 nitrogen and oxygen atoms in total. The van der Waals surface area contributed by atoms with Crippen molar-refractivity contribution >= 4 is 19.2 Å². The van der Waals surface area contributed by atoms with E-state index >= 15 is 0 Å². The third-order valence-electron chi connectivity index (χ3n) is 2.34. The van der Waals surface area contributed by atoms with Crippen molar-refractivity contribution in [1.29, 1.82) is 0 Å². The zero-order chi connectivity index (χ0) is 13.1. The van der Waals surface area contributed by atoms with Crippen molar-refractivity contribution in [1.82, 2.24) is 5.32 Å². The van der Waals surface area contributed by atoms with Crippen LogP contribution >= 0.6 is 8.58 Å². The number of rotatable bonds is 4. The summed E-state index contributed by atoms with van der Waals surface area (Å²) in [6.45, 7) is 6.39. The van der Waals surface area contributed by atoms with Crippen molar-refractivity contribution in [3.05, 3.63) is 60.7 Å². The van der Waals surface area contributed by atoms with Crippen LogP contribution in [0.3, 0.4) is 0 Å². The van der Waals surface area contributed by atoms with Gasteiger partial charge in [-0.2, -0.15) is 0 Å². The fourth-order valence-corrected chi connectivity index (χ4v) is 2.51. The van der Waals surface area contributed by atoms with Gasteiger partial charge in [-0.1, -0.05) is 83.1 Å². The molecule has 96 valence electrons. The van der Waals surface area contributed by atoms with Gasteiger partial charge in [0.15, 0.2) is 0 Å². The summed E-state index contributed by atoms with van der Waals surface area (Å²) in [7, 11) is 0.777. The molecule has 0 bridgehead atoms. The van der Waals surface area contributed by atoms with Gasteiger partial charge >= 0.3 is 0 Å². The van der Waals surface area contributed by atoms with E-state index in [2.05, 4.69) is 79.8 Å². The Hall–Kier alpha value is -1.17. The Morgan fingerprint density at radius 3 is 1.39 bits per heavy atom. The average Bonchev–Trinajstić information content (AvgIpc) is 2.43. The smallest absolute Gasteiger partial charge is 0.00775 e. The van der Waals surface area contributed by atoms with Crippen LogP contribution in [0.15, 0.2) is 60.7 Å². The quantitative estimate of drug-likeness (QED) is 0.832. The van der Waals surface area contributed by atoms with E-state index in [1.165, 1.54) is 10.6 Å². The van der Waals surface area contributed by atoms with E-state index in [0.717, 1.165) is 21.7 Å². The van der Waals surface area contributed by atoms with Crippen LogP contribution in [-0.2, 0) is 0 Å². The van der Waals surface area contributed by atoms with Crippen molar-refractivity contribution in [3.8, 4) is 0 Å². The topological polar surface area (TPSA) is 12.0 Å². The highest BCUT2D eigenvalue weighted by Gasteiger charge is 1.92. The minimum Gasteiger partial charge on any atom is -0.317 e. The lowest BCUT2D eigenvalue weighted by Gasteiger charge is -2.00. The highest BCUT2D eigenvalue weighted by molar-refractivity contribution is 7.55. The number of nitrogens with one attached hydrogen (secondary N) is 1. The van der Waals surface area contributed by atoms with Crippen LogP contribution in [0.25, 0.3) is 0 Å². The molecule has 0 unspecified atom stereocenters. The SMILES string of the molecule is CCNCC.c1ccc(Pc2ccccc2)cc1. The van der Waals surface area contributed by atoms with Gasteiger partial charge in [-0.25, -0.2) is 0 Å². The summed E-state index contributed by atoms with van der Waals surface area (Å²) in [4.78, 5) is 0. The Morgan fingerprint density at radius 1 is 0.722 bits per heavy atom. The molecule has 0 aliphatic heterocycles. The summed E-state index contributed by atoms with van der Waals surface area (Å²) in [6.07, 6.45) is 0. The maximum absolute atomic E-state index is 3.11. The average molecular weight is 259 g/mol. The van der Waals surface area contributed by atoms with E-state index in [1.807, 2.05) is 0 Å². The van der Waals surface area contributed by atoms with Crippen LogP contribution in [0.5, 0.6) is 0 Å². The molecule has 2 aromatic rings. The molecule has 2 aromatic carbocycles. The lowest BCUT2D eigenvalue weighted by Crippen LogP contribution is -2.09. The Kier molecular flexibility index (Phi) is 8.12. The normalized spacial score (nSPS) is 9.44. The second-order valence-electron chi connectivity index (χ2n) is 3.81. The fraction of sp³-hybridized carbons (Fsp3) is 0.250. The molecule has 0 fully saturated rings. The molecule has 0 amide bonds. The molecule has 0 saturated carbocycles. The van der Waals surface area contributed by atoms with E-state index in [-0.39, 0.29) is 0 Å². The second kappa shape index (κ2) is 9.82. The van der Waals surface area contributed by atoms with Crippen LogP contribution in [0.1, 0.15) is 13.8 Å². The van der Waals surface area contributed by atoms with Crippen molar-refractivity contribution in [3.63, 3.8) is 0 Å². The summed E-state index contributed by atoms with van der Waals surface area (Å²) >= 11 is 0. The number of benzene rings is 2. The van der Waals surface area contributed by atoms with Crippen LogP contribution in [0.4, 0.5) is 0 Å². The minimum absolute atomic E-state index is 0.777. The highest BCUT2D eigenvalue weighted by atomic mass is 31.1. The summed E-state index contributed by atoms with van der Waals surface area (Å²) < 4.78 is 0. The Balaban J connectivity index is 0.000000280. The third-order valence-corrected chi connectivity index (χ3v) is 3.58. The van der Waals surface area contributed by atoms with Gasteiger partial charge < -0.3 is 5.32 Å². The molecule has 0 heterocycles. The van der Waals surface area contributed by atoms with Gasteiger partial charge in [-0.15, -0.1) is 0 Å². The first-order valence-electron chi connectivity index (χ1n) is 6.44. The molecule has 0 aromatic heterocycles. The Morgan fingerprint density at radius 2 is 1.11 bits per heavy atom. The van der Waals surface area contributed by atoms with E-state index < -0.39 is 0 Å². The van der Waals surface area contributed by atoms with Gasteiger partial charge in [-0.05, 0) is 23.7 Å². The van der Waals surface area contributed by atoms with Crippen molar-refractivity contribution < 1.29 is 0 Å². The van der Waals surface area contributed by atoms with Crippen LogP contribution in [0.2, 0.25) is 0 Å². The second-order valence-corrected chi connectivity index (χ2v) is 5.22. The molecule has 0 saturated heterocycles. The lowest BCUT2D eigenvalue weighted by molar-refractivity contribution is 0.762. The van der Waals surface area contributed by atoms with E-state index in [9.17, 15) is 0 Å². The predicted molar refractivity (Wildman–Crippen MR) is 84.7 cm³/mol. The molecule has 0 aliphatic carbocycles. The molecule has 0 aliphatic rings. The van der Waals surface area contributed by atoms with Crippen LogP contribution in [0, 0.1) is 0 Å². The summed E-state index contributed by atoms with van der Waals surface area (Å²) in [6, 6.07) is 21.2. The molecule has 0 atom stereocenters. The maximum Gasteiger partial charge on any atom is -0.00775 e. The van der Waals surface area contributed by atoms with Gasteiger partial charge in [0.1, 0.15) is 0 Å². The van der Waals surface area contributed by atoms with Gasteiger partial charge in [0.25, 0.3) is 0 Å². The Labute approximate surface area is 112 Å². The Bertz CT molecular complexity index is 360. The van der Waals surface area contributed by atoms with Crippen LogP contribution < -0.4 is 15.9 Å². The van der Waals surface area contributed by atoms with Gasteiger partial charge in [0.05, 0.1) is 0 Å². The van der Waals surface area contributed by atoms with Crippen molar-refractivity contribution in [2.45, 2.75) is 13.8 Å². The first-order valence-corrected chi connectivity index (χ1v) is 7.44. The third kappa shape index (κ3) is 6.54. The molecular formula is C16H22NP. The molecule has 0 radical (unpaired) electrons. The molecular weight excluding hydrogens is 237 g/mol. The summed E-state index contributed by atoms with van der Waals surface area (Å²) in [5, 5.41) is 5.91. The van der Waals surface area contributed by atoms with Crippen LogP contribution in [-0.4, -0.2) is 13.1 Å². The number of hydrogen-bond donors (Lipinski definition) is 1. The van der Waals surface area contributed by atoms with Gasteiger partial charge in [-0.3, -0.25) is 0 Å². The molecule has 2 rings (SSSR count). The monoisotopic (exact) mass is 259 g/mol. The van der Waals surface area contributed by atoms with Gasteiger partial charge in [0, 0.05) is 0 Å². The first-order chi connectivity index (χ1) is 8.86. The molecule has 0 spiro atoms. The molecule has 2 heteroatoms. The fourth-order valence-electron chi connectivity index (χ4n) is 1.46. The van der Waals surface area contributed by atoms with Crippen molar-refractivity contribution in [2.24, 2.45) is 0 Å². The maximum atomic E-state index is 3.11. The zero-order valence-electron chi connectivity index (χ0n) is 11.2. The largest absolute Gasteiger partial charge is 0.317 e. The number of hydrogen-bond acceptors (Lipinski definition) is 1. The highest BCUT2D eigenvalue weighted by Crippen LogP contribution is 2.08. The summed E-state index contributed by atoms with van der Waals surface area (Å²) in [5.74, 6) is 0. The standard InChI is InChI=1S/C12H11P.C4H11N/c1-3-7-11(8-4-1)13-12-9-5-2-6-10-12;1-3-5-4-2/h1-10,13H;5H,3-4H2,1-2H3. The van der Waals surface area contributed by atoms with Gasteiger partial charge in [0.2, 0.25) is 0 Å². The zero-order valence-corrected chi connectivity index (χ0v) is 12.2.